The van der Waals surface area contributed by atoms with Gasteiger partial charge in [0.15, 0.2) is 16.5 Å². The van der Waals surface area contributed by atoms with Crippen molar-refractivity contribution in [3.05, 3.63) is 77.6 Å². The Morgan fingerprint density at radius 2 is 1.88 bits per heavy atom. The van der Waals surface area contributed by atoms with Crippen LogP contribution in [0.1, 0.15) is 21.7 Å². The Morgan fingerprint density at radius 1 is 1.08 bits per heavy atom. The minimum Gasteiger partial charge on any atom is -0.448 e. The summed E-state index contributed by atoms with van der Waals surface area (Å²) >= 11 is 1.55. The second-order valence-corrected chi connectivity index (χ2v) is 6.85. The Balaban J connectivity index is 1.48. The molecule has 0 aliphatic heterocycles. The fourth-order valence-corrected chi connectivity index (χ4v) is 3.46. The predicted molar refractivity (Wildman–Crippen MR) is 99.7 cm³/mol. The van der Waals surface area contributed by atoms with Gasteiger partial charge in [-0.15, -0.1) is 11.3 Å². The summed E-state index contributed by atoms with van der Waals surface area (Å²) in [5.74, 6) is 0.677. The second-order valence-electron chi connectivity index (χ2n) is 5.82. The van der Waals surface area contributed by atoms with Crippen LogP contribution in [0, 0.1) is 6.92 Å². The minimum absolute atomic E-state index is 0.229. The molecular formula is C20H16N2O2S. The number of rotatable bonds is 4. The number of carbonyl (C=O) groups excluding carboxylic acids is 1. The molecule has 0 aliphatic carbocycles. The number of benzene rings is 2. The molecule has 0 aliphatic rings. The van der Waals surface area contributed by atoms with Crippen molar-refractivity contribution in [1.29, 1.82) is 0 Å². The van der Waals surface area contributed by atoms with Crippen molar-refractivity contribution in [2.24, 2.45) is 0 Å². The lowest BCUT2D eigenvalue weighted by molar-refractivity contribution is 0.0924. The third-order valence-corrected chi connectivity index (χ3v) is 4.96. The molecule has 4 aromatic rings. The number of fused-ring (bicyclic) bond motifs is 1. The molecule has 0 saturated carbocycles. The summed E-state index contributed by atoms with van der Waals surface area (Å²) in [7, 11) is 0. The maximum absolute atomic E-state index is 12.3. The summed E-state index contributed by atoms with van der Waals surface area (Å²) in [6.07, 6.45) is 0. The van der Waals surface area contributed by atoms with Gasteiger partial charge in [-0.2, -0.15) is 0 Å². The fraction of sp³-hybridized carbons (Fsp3) is 0.100. The monoisotopic (exact) mass is 348 g/mol. The van der Waals surface area contributed by atoms with Gasteiger partial charge in [0.25, 0.3) is 5.91 Å². The summed E-state index contributed by atoms with van der Waals surface area (Å²) in [6, 6.07) is 19.5. The molecule has 1 N–H and O–H groups in total. The molecular weight excluding hydrogens is 332 g/mol. The van der Waals surface area contributed by atoms with E-state index in [0.717, 1.165) is 20.8 Å². The van der Waals surface area contributed by atoms with E-state index in [9.17, 15) is 4.79 Å². The number of aryl methyl sites for hydroxylation is 1. The van der Waals surface area contributed by atoms with Crippen LogP contribution in [0.15, 0.2) is 65.1 Å². The smallest absolute Gasteiger partial charge is 0.287 e. The highest BCUT2D eigenvalue weighted by atomic mass is 32.1. The lowest BCUT2D eigenvalue weighted by Crippen LogP contribution is -2.22. The first-order valence-corrected chi connectivity index (χ1v) is 8.80. The summed E-state index contributed by atoms with van der Waals surface area (Å²) < 4.78 is 6.80. The number of thiazole rings is 1. The largest absolute Gasteiger partial charge is 0.448 e. The first kappa shape index (κ1) is 15.6. The number of para-hydroxylation sites is 1. The quantitative estimate of drug-likeness (QED) is 0.577. The van der Waals surface area contributed by atoms with Crippen LogP contribution in [0.3, 0.4) is 0 Å². The highest BCUT2D eigenvalue weighted by molar-refractivity contribution is 7.21. The lowest BCUT2D eigenvalue weighted by atomic mass is 10.1. The van der Waals surface area contributed by atoms with Crippen molar-refractivity contribution in [2.75, 3.05) is 0 Å². The van der Waals surface area contributed by atoms with E-state index in [-0.39, 0.29) is 5.91 Å². The molecule has 5 heteroatoms. The van der Waals surface area contributed by atoms with E-state index in [0.29, 0.717) is 18.1 Å². The number of amides is 1. The summed E-state index contributed by atoms with van der Waals surface area (Å²) in [5, 5.41) is 3.65. The Labute approximate surface area is 149 Å². The maximum atomic E-state index is 12.3. The molecule has 0 spiro atoms. The Kier molecular flexibility index (Phi) is 4.07. The zero-order chi connectivity index (χ0) is 17.2. The van der Waals surface area contributed by atoms with Crippen molar-refractivity contribution in [2.45, 2.75) is 13.5 Å². The van der Waals surface area contributed by atoms with Crippen LogP contribution < -0.4 is 5.32 Å². The van der Waals surface area contributed by atoms with E-state index in [1.165, 1.54) is 5.56 Å². The summed E-state index contributed by atoms with van der Waals surface area (Å²) in [4.78, 5) is 16.8. The van der Waals surface area contributed by atoms with Crippen LogP contribution in [0.25, 0.3) is 21.0 Å². The van der Waals surface area contributed by atoms with Crippen molar-refractivity contribution in [1.82, 2.24) is 10.3 Å². The van der Waals surface area contributed by atoms with Gasteiger partial charge in [-0.1, -0.05) is 42.0 Å². The van der Waals surface area contributed by atoms with Gasteiger partial charge in [0.1, 0.15) is 0 Å². The van der Waals surface area contributed by atoms with E-state index in [4.69, 9.17) is 4.42 Å². The Morgan fingerprint density at radius 3 is 2.68 bits per heavy atom. The van der Waals surface area contributed by atoms with E-state index in [1.54, 1.807) is 23.5 Å². The molecule has 0 unspecified atom stereocenters. The van der Waals surface area contributed by atoms with Crippen LogP contribution in [0.4, 0.5) is 0 Å². The zero-order valence-electron chi connectivity index (χ0n) is 13.7. The number of aromatic nitrogens is 1. The number of nitrogens with zero attached hydrogens (tertiary/aromatic N) is 1. The molecule has 0 atom stereocenters. The van der Waals surface area contributed by atoms with Crippen LogP contribution >= 0.6 is 11.3 Å². The normalized spacial score (nSPS) is 10.9. The summed E-state index contributed by atoms with van der Waals surface area (Å²) in [6.45, 7) is 2.51. The number of hydrogen-bond acceptors (Lipinski definition) is 4. The average molecular weight is 348 g/mol. The zero-order valence-corrected chi connectivity index (χ0v) is 14.5. The van der Waals surface area contributed by atoms with Gasteiger partial charge in [0.05, 0.1) is 10.2 Å². The molecule has 2 aromatic carbocycles. The number of furan rings is 1. The summed E-state index contributed by atoms with van der Waals surface area (Å²) in [5.41, 5.74) is 3.18. The van der Waals surface area contributed by atoms with E-state index in [1.807, 2.05) is 55.5 Å². The maximum Gasteiger partial charge on any atom is 0.287 e. The molecule has 2 heterocycles. The molecule has 0 bridgehead atoms. The fourth-order valence-electron chi connectivity index (χ4n) is 2.53. The number of nitrogens with one attached hydrogen (secondary N) is 1. The van der Waals surface area contributed by atoms with Gasteiger partial charge in [0.2, 0.25) is 0 Å². The van der Waals surface area contributed by atoms with Gasteiger partial charge in [-0.25, -0.2) is 4.98 Å². The molecule has 1 amide bonds. The third-order valence-electron chi connectivity index (χ3n) is 3.91. The molecule has 4 rings (SSSR count). The van der Waals surface area contributed by atoms with Crippen molar-refractivity contribution in [3.63, 3.8) is 0 Å². The molecule has 4 nitrogen and oxygen atoms in total. The lowest BCUT2D eigenvalue weighted by Gasteiger charge is -2.03. The van der Waals surface area contributed by atoms with E-state index in [2.05, 4.69) is 10.3 Å². The topological polar surface area (TPSA) is 55.1 Å². The third kappa shape index (κ3) is 3.32. The van der Waals surface area contributed by atoms with Crippen LogP contribution in [0.2, 0.25) is 0 Å². The molecule has 124 valence electrons. The highest BCUT2D eigenvalue weighted by Gasteiger charge is 2.14. The molecule has 2 aromatic heterocycles. The van der Waals surface area contributed by atoms with Crippen molar-refractivity contribution in [3.8, 4) is 10.8 Å². The van der Waals surface area contributed by atoms with Crippen molar-refractivity contribution < 1.29 is 9.21 Å². The van der Waals surface area contributed by atoms with Gasteiger partial charge < -0.3 is 9.73 Å². The van der Waals surface area contributed by atoms with Crippen LogP contribution in [0.5, 0.6) is 0 Å². The van der Waals surface area contributed by atoms with Gasteiger partial charge in [0, 0.05) is 6.54 Å². The number of carbonyl (C=O) groups is 1. The Bertz CT molecular complexity index is 998. The first-order chi connectivity index (χ1) is 12.2. The van der Waals surface area contributed by atoms with Crippen LogP contribution in [-0.2, 0) is 6.54 Å². The predicted octanol–water partition coefficient (Wildman–Crippen LogP) is 4.79. The second kappa shape index (κ2) is 6.53. The van der Waals surface area contributed by atoms with Crippen LogP contribution in [-0.4, -0.2) is 10.9 Å². The molecule has 25 heavy (non-hydrogen) atoms. The molecule has 0 saturated heterocycles. The van der Waals surface area contributed by atoms with Crippen molar-refractivity contribution >= 4 is 27.5 Å². The van der Waals surface area contributed by atoms with Gasteiger partial charge in [-0.3, -0.25) is 4.79 Å². The van der Waals surface area contributed by atoms with E-state index < -0.39 is 0 Å². The highest BCUT2D eigenvalue weighted by Crippen LogP contribution is 2.31. The Hall–Kier alpha value is -2.92. The molecule has 0 radical (unpaired) electrons. The van der Waals surface area contributed by atoms with Gasteiger partial charge >= 0.3 is 0 Å². The number of hydrogen-bond donors (Lipinski definition) is 1. The molecule has 0 fully saturated rings. The van der Waals surface area contributed by atoms with Gasteiger partial charge in [-0.05, 0) is 36.8 Å². The SMILES string of the molecule is Cc1ccc(CNC(=O)c2ccc(-c3nc4ccccc4s3)o2)cc1. The average Bonchev–Trinajstić information content (AvgIpc) is 3.27. The standard InChI is InChI=1S/C20H16N2O2S/c1-13-6-8-14(9-7-13)12-21-19(23)16-10-11-17(24-16)20-22-15-4-2-3-5-18(15)25-20/h2-11H,12H2,1H3,(H,21,23). The first-order valence-electron chi connectivity index (χ1n) is 7.98. The van der Waals surface area contributed by atoms with E-state index >= 15 is 0 Å². The minimum atomic E-state index is -0.229.